The van der Waals surface area contributed by atoms with E-state index >= 15 is 0 Å². The molecule has 0 saturated heterocycles. The number of aryl methyl sites for hydroxylation is 2. The maximum atomic E-state index is 12.2. The van der Waals surface area contributed by atoms with Gasteiger partial charge in [0.2, 0.25) is 0 Å². The maximum absolute atomic E-state index is 12.2. The molecule has 0 aliphatic carbocycles. The molecule has 0 aliphatic rings. The average Bonchev–Trinajstić information content (AvgIpc) is 2.73. The molecule has 0 fully saturated rings. The van der Waals surface area contributed by atoms with Crippen LogP contribution in [0, 0.1) is 13.8 Å². The zero-order valence-electron chi connectivity index (χ0n) is 17.3. The molecule has 2 rings (SSSR count). The first kappa shape index (κ1) is 22.6. The Labute approximate surface area is 175 Å². The van der Waals surface area contributed by atoms with Crippen molar-refractivity contribution in [3.63, 3.8) is 0 Å². The van der Waals surface area contributed by atoms with Crippen LogP contribution in [0.2, 0.25) is 0 Å². The maximum Gasteiger partial charge on any atom is 0.329 e. The number of rotatable bonds is 8. The van der Waals surface area contributed by atoms with Gasteiger partial charge in [-0.05, 0) is 55.7 Å². The summed E-state index contributed by atoms with van der Waals surface area (Å²) in [6, 6.07) is 12.6. The predicted molar refractivity (Wildman–Crippen MR) is 116 cm³/mol. The van der Waals surface area contributed by atoms with E-state index in [1.807, 2.05) is 39.0 Å². The van der Waals surface area contributed by atoms with Crippen molar-refractivity contribution in [3.8, 4) is 5.75 Å². The second-order valence-corrected chi connectivity index (χ2v) is 6.63. The number of carbonyl (C=O) groups excluding carboxylic acids is 3. The average molecular weight is 410 g/mol. The summed E-state index contributed by atoms with van der Waals surface area (Å²) in [4.78, 5) is 35.3. The Morgan fingerprint density at radius 2 is 1.80 bits per heavy atom. The highest BCUT2D eigenvalue weighted by Crippen LogP contribution is 2.17. The lowest BCUT2D eigenvalue weighted by atomic mass is 10.1. The van der Waals surface area contributed by atoms with Gasteiger partial charge in [-0.3, -0.25) is 14.4 Å². The molecular formula is C22H26N4O4. The molecule has 0 saturated carbocycles. The van der Waals surface area contributed by atoms with Crippen LogP contribution in [0.1, 0.15) is 30.0 Å². The second kappa shape index (κ2) is 11.4. The van der Waals surface area contributed by atoms with E-state index in [9.17, 15) is 14.4 Å². The molecule has 0 unspecified atom stereocenters. The van der Waals surface area contributed by atoms with Crippen LogP contribution in [0.5, 0.6) is 5.75 Å². The summed E-state index contributed by atoms with van der Waals surface area (Å²) in [5.74, 6) is -1.49. The Morgan fingerprint density at radius 1 is 1.03 bits per heavy atom. The molecule has 0 bridgehead atoms. The van der Waals surface area contributed by atoms with E-state index in [2.05, 4.69) is 21.2 Å². The van der Waals surface area contributed by atoms with Gasteiger partial charge in [0.25, 0.3) is 5.91 Å². The van der Waals surface area contributed by atoms with Crippen LogP contribution >= 0.6 is 0 Å². The third-order valence-corrected chi connectivity index (χ3v) is 4.18. The molecule has 0 heterocycles. The number of nitrogens with zero attached hydrogens (tertiary/aromatic N) is 1. The molecule has 8 heteroatoms. The van der Waals surface area contributed by atoms with Crippen molar-refractivity contribution in [2.24, 2.45) is 5.10 Å². The fourth-order valence-electron chi connectivity index (χ4n) is 2.41. The normalized spacial score (nSPS) is 10.5. The minimum atomic E-state index is -0.856. The van der Waals surface area contributed by atoms with E-state index in [0.29, 0.717) is 23.5 Å². The molecule has 0 aromatic heterocycles. The van der Waals surface area contributed by atoms with Gasteiger partial charge in [0.15, 0.2) is 6.61 Å². The smallest absolute Gasteiger partial charge is 0.329 e. The standard InChI is InChI=1S/C22H26N4O4/c1-4-11-23-21(28)22(29)26-24-13-17-7-5-6-8-19(17)30-14-20(27)25-18-10-9-15(2)16(3)12-18/h5-10,12-13H,4,11,14H2,1-3H3,(H,23,28)(H,25,27)(H,26,29)/b24-13-. The van der Waals surface area contributed by atoms with E-state index < -0.39 is 11.8 Å². The summed E-state index contributed by atoms with van der Waals surface area (Å²) in [7, 11) is 0. The lowest BCUT2D eigenvalue weighted by molar-refractivity contribution is -0.139. The molecule has 3 amide bonds. The lowest BCUT2D eigenvalue weighted by Gasteiger charge is -2.10. The van der Waals surface area contributed by atoms with Crippen LogP contribution in [0.25, 0.3) is 0 Å². The topological polar surface area (TPSA) is 109 Å². The second-order valence-electron chi connectivity index (χ2n) is 6.63. The molecule has 0 atom stereocenters. The van der Waals surface area contributed by atoms with E-state index in [1.165, 1.54) is 6.21 Å². The number of benzene rings is 2. The molecule has 0 aliphatic heterocycles. The van der Waals surface area contributed by atoms with Crippen molar-refractivity contribution in [1.29, 1.82) is 0 Å². The highest BCUT2D eigenvalue weighted by Gasteiger charge is 2.11. The van der Waals surface area contributed by atoms with Gasteiger partial charge in [-0.1, -0.05) is 25.1 Å². The van der Waals surface area contributed by atoms with Crippen molar-refractivity contribution in [2.75, 3.05) is 18.5 Å². The molecule has 3 N–H and O–H groups in total. The highest BCUT2D eigenvalue weighted by atomic mass is 16.5. The van der Waals surface area contributed by atoms with Gasteiger partial charge in [-0.15, -0.1) is 0 Å². The Balaban J connectivity index is 1.91. The number of ether oxygens (including phenoxy) is 1. The minimum absolute atomic E-state index is 0.191. The molecule has 2 aromatic carbocycles. The predicted octanol–water partition coefficient (Wildman–Crippen LogP) is 2.30. The number of amides is 3. The molecule has 158 valence electrons. The Hall–Kier alpha value is -3.68. The summed E-state index contributed by atoms with van der Waals surface area (Å²) >= 11 is 0. The third-order valence-electron chi connectivity index (χ3n) is 4.18. The van der Waals surface area contributed by atoms with Gasteiger partial charge in [0.05, 0.1) is 6.21 Å². The summed E-state index contributed by atoms with van der Waals surface area (Å²) in [6.07, 6.45) is 2.08. The lowest BCUT2D eigenvalue weighted by Crippen LogP contribution is -2.38. The largest absolute Gasteiger partial charge is 0.483 e. The molecular weight excluding hydrogens is 384 g/mol. The summed E-state index contributed by atoms with van der Waals surface area (Å²) in [5, 5.41) is 9.02. The first-order valence-corrected chi connectivity index (χ1v) is 9.61. The Kier molecular flexibility index (Phi) is 8.56. The van der Waals surface area contributed by atoms with Crippen molar-refractivity contribution in [3.05, 3.63) is 59.2 Å². The summed E-state index contributed by atoms with van der Waals surface area (Å²) in [5.41, 5.74) is 5.63. The number of hydrogen-bond donors (Lipinski definition) is 3. The zero-order chi connectivity index (χ0) is 21.9. The van der Waals surface area contributed by atoms with Crippen LogP contribution in [0.3, 0.4) is 0 Å². The van der Waals surface area contributed by atoms with Gasteiger partial charge in [-0.25, -0.2) is 5.43 Å². The van der Waals surface area contributed by atoms with E-state index in [1.54, 1.807) is 24.3 Å². The molecule has 0 spiro atoms. The molecule has 2 aromatic rings. The van der Waals surface area contributed by atoms with Crippen LogP contribution in [-0.2, 0) is 14.4 Å². The molecule has 0 radical (unpaired) electrons. The fourth-order valence-corrected chi connectivity index (χ4v) is 2.41. The van der Waals surface area contributed by atoms with Crippen molar-refractivity contribution >= 4 is 29.6 Å². The first-order valence-electron chi connectivity index (χ1n) is 9.61. The van der Waals surface area contributed by atoms with Crippen LogP contribution in [-0.4, -0.2) is 37.1 Å². The Morgan fingerprint density at radius 3 is 2.53 bits per heavy atom. The van der Waals surface area contributed by atoms with Gasteiger partial charge in [0, 0.05) is 17.8 Å². The number of carbonyl (C=O) groups is 3. The summed E-state index contributed by atoms with van der Waals surface area (Å²) < 4.78 is 5.59. The zero-order valence-corrected chi connectivity index (χ0v) is 17.3. The minimum Gasteiger partial charge on any atom is -0.483 e. The van der Waals surface area contributed by atoms with Crippen LogP contribution < -0.4 is 20.8 Å². The monoisotopic (exact) mass is 410 g/mol. The first-order chi connectivity index (χ1) is 14.4. The van der Waals surface area contributed by atoms with Crippen molar-refractivity contribution in [2.45, 2.75) is 27.2 Å². The molecule has 8 nitrogen and oxygen atoms in total. The highest BCUT2D eigenvalue weighted by molar-refractivity contribution is 6.35. The van der Waals surface area contributed by atoms with Crippen LogP contribution in [0.4, 0.5) is 5.69 Å². The number of nitrogens with one attached hydrogen (secondary N) is 3. The number of anilines is 1. The summed E-state index contributed by atoms with van der Waals surface area (Å²) in [6.45, 7) is 6.08. The molecule has 30 heavy (non-hydrogen) atoms. The fraction of sp³-hybridized carbons (Fsp3) is 0.273. The van der Waals surface area contributed by atoms with E-state index in [0.717, 1.165) is 17.5 Å². The van der Waals surface area contributed by atoms with Gasteiger partial charge >= 0.3 is 11.8 Å². The van der Waals surface area contributed by atoms with E-state index in [-0.39, 0.29) is 12.5 Å². The quantitative estimate of drug-likeness (QED) is 0.352. The Bertz CT molecular complexity index is 940. The van der Waals surface area contributed by atoms with E-state index in [4.69, 9.17) is 4.74 Å². The van der Waals surface area contributed by atoms with Gasteiger partial charge < -0.3 is 15.4 Å². The van der Waals surface area contributed by atoms with Crippen LogP contribution in [0.15, 0.2) is 47.6 Å². The van der Waals surface area contributed by atoms with Gasteiger partial charge in [-0.2, -0.15) is 5.10 Å². The number of para-hydroxylation sites is 1. The van der Waals surface area contributed by atoms with Gasteiger partial charge in [0.1, 0.15) is 5.75 Å². The number of hydrazone groups is 1. The SMILES string of the molecule is CCCNC(=O)C(=O)N/N=C\c1ccccc1OCC(=O)Nc1ccc(C)c(C)c1. The van der Waals surface area contributed by atoms with Crippen molar-refractivity contribution < 1.29 is 19.1 Å². The number of hydrogen-bond acceptors (Lipinski definition) is 5. The van der Waals surface area contributed by atoms with Crippen molar-refractivity contribution in [1.82, 2.24) is 10.7 Å². The third kappa shape index (κ3) is 7.05.